The van der Waals surface area contributed by atoms with Gasteiger partial charge in [0.15, 0.2) is 0 Å². The van der Waals surface area contributed by atoms with Crippen LogP contribution in [0.1, 0.15) is 28.9 Å². The number of rotatable bonds is 5. The lowest BCUT2D eigenvalue weighted by Gasteiger charge is -2.29. The summed E-state index contributed by atoms with van der Waals surface area (Å²) in [6.07, 6.45) is 0. The van der Waals surface area contributed by atoms with Gasteiger partial charge in [0.25, 0.3) is 5.91 Å². The van der Waals surface area contributed by atoms with Crippen molar-refractivity contribution >= 4 is 11.6 Å². The molecule has 148 valence electrons. The van der Waals surface area contributed by atoms with Crippen molar-refractivity contribution in [1.29, 1.82) is 0 Å². The molecule has 1 unspecified atom stereocenters. The molecule has 4 nitrogen and oxygen atoms in total. The van der Waals surface area contributed by atoms with E-state index < -0.39 is 0 Å². The van der Waals surface area contributed by atoms with Crippen molar-refractivity contribution in [2.45, 2.75) is 13.0 Å². The molecule has 29 heavy (non-hydrogen) atoms. The molecule has 1 N–H and O–H groups in total. The van der Waals surface area contributed by atoms with Crippen molar-refractivity contribution in [2.24, 2.45) is 0 Å². The molecule has 0 bridgehead atoms. The van der Waals surface area contributed by atoms with Crippen molar-refractivity contribution < 1.29 is 9.53 Å². The van der Waals surface area contributed by atoms with Gasteiger partial charge in [-0.1, -0.05) is 60.7 Å². The van der Waals surface area contributed by atoms with Gasteiger partial charge in [-0.25, -0.2) is 0 Å². The fourth-order valence-corrected chi connectivity index (χ4v) is 3.70. The van der Waals surface area contributed by atoms with E-state index in [1.807, 2.05) is 61.5 Å². The SMILES string of the molecule is CC(NC(=O)c1ccccc1-c1ccccc1)c1ccc(N2CCOCC2)cc1. The summed E-state index contributed by atoms with van der Waals surface area (Å²) in [5, 5.41) is 3.15. The molecule has 1 fully saturated rings. The minimum atomic E-state index is -0.0786. The summed E-state index contributed by atoms with van der Waals surface area (Å²) in [7, 11) is 0. The first-order chi connectivity index (χ1) is 14.2. The quantitative estimate of drug-likeness (QED) is 0.692. The second-order valence-electron chi connectivity index (χ2n) is 7.30. The molecule has 4 rings (SSSR count). The predicted octanol–water partition coefficient (Wildman–Crippen LogP) is 4.68. The first-order valence-corrected chi connectivity index (χ1v) is 10.1. The molecule has 1 amide bonds. The summed E-state index contributed by atoms with van der Waals surface area (Å²) in [6.45, 7) is 5.40. The Morgan fingerprint density at radius 1 is 0.897 bits per heavy atom. The second-order valence-corrected chi connectivity index (χ2v) is 7.30. The van der Waals surface area contributed by atoms with Crippen molar-refractivity contribution in [3.63, 3.8) is 0 Å². The van der Waals surface area contributed by atoms with Gasteiger partial charge in [0.2, 0.25) is 0 Å². The minimum absolute atomic E-state index is 0.0609. The van der Waals surface area contributed by atoms with Crippen molar-refractivity contribution in [3.05, 3.63) is 90.0 Å². The van der Waals surface area contributed by atoms with Crippen LogP contribution >= 0.6 is 0 Å². The highest BCUT2D eigenvalue weighted by Crippen LogP contribution is 2.25. The van der Waals surface area contributed by atoms with Crippen molar-refractivity contribution in [2.75, 3.05) is 31.2 Å². The lowest BCUT2D eigenvalue weighted by Crippen LogP contribution is -2.36. The van der Waals surface area contributed by atoms with Gasteiger partial charge < -0.3 is 15.0 Å². The standard InChI is InChI=1S/C25H26N2O2/c1-19(20-11-13-22(14-12-20)27-15-17-29-18-16-27)26-25(28)24-10-6-5-9-23(24)21-7-3-2-4-8-21/h2-14,19H,15-18H2,1H3,(H,26,28). The number of ether oxygens (including phenoxy) is 1. The van der Waals surface area contributed by atoms with Gasteiger partial charge in [-0.3, -0.25) is 4.79 Å². The van der Waals surface area contributed by atoms with Gasteiger partial charge in [-0.15, -0.1) is 0 Å². The van der Waals surface area contributed by atoms with Crippen LogP contribution in [0, 0.1) is 0 Å². The fourth-order valence-electron chi connectivity index (χ4n) is 3.70. The van der Waals surface area contributed by atoms with Crippen LogP contribution < -0.4 is 10.2 Å². The number of nitrogens with one attached hydrogen (secondary N) is 1. The molecular weight excluding hydrogens is 360 g/mol. The molecule has 1 heterocycles. The molecule has 4 heteroatoms. The number of morpholine rings is 1. The highest BCUT2D eigenvalue weighted by Gasteiger charge is 2.16. The third kappa shape index (κ3) is 4.49. The summed E-state index contributed by atoms with van der Waals surface area (Å²) in [5.41, 5.74) is 4.97. The molecule has 0 aromatic heterocycles. The number of benzene rings is 3. The maximum atomic E-state index is 13.0. The van der Waals surface area contributed by atoms with Crippen LogP contribution in [0.15, 0.2) is 78.9 Å². The van der Waals surface area contributed by atoms with E-state index in [1.165, 1.54) is 5.69 Å². The Morgan fingerprint density at radius 3 is 2.28 bits per heavy atom. The van der Waals surface area contributed by atoms with Crippen LogP contribution in [0.2, 0.25) is 0 Å². The van der Waals surface area contributed by atoms with Crippen LogP contribution in [-0.4, -0.2) is 32.2 Å². The van der Waals surface area contributed by atoms with Crippen LogP contribution in [-0.2, 0) is 4.74 Å². The normalized spacial score (nSPS) is 15.0. The van der Waals surface area contributed by atoms with E-state index >= 15 is 0 Å². The predicted molar refractivity (Wildman–Crippen MR) is 117 cm³/mol. The highest BCUT2D eigenvalue weighted by molar-refractivity contribution is 6.01. The lowest BCUT2D eigenvalue weighted by atomic mass is 9.98. The van der Waals surface area contributed by atoms with E-state index in [0.29, 0.717) is 5.56 Å². The minimum Gasteiger partial charge on any atom is -0.378 e. The van der Waals surface area contributed by atoms with E-state index in [0.717, 1.165) is 43.0 Å². The van der Waals surface area contributed by atoms with Crippen LogP contribution in [0.3, 0.4) is 0 Å². The number of nitrogens with zero attached hydrogens (tertiary/aromatic N) is 1. The monoisotopic (exact) mass is 386 g/mol. The van der Waals surface area contributed by atoms with Gasteiger partial charge in [0.05, 0.1) is 19.3 Å². The van der Waals surface area contributed by atoms with Gasteiger partial charge in [-0.05, 0) is 41.8 Å². The molecule has 1 saturated heterocycles. The molecular formula is C25H26N2O2. The first kappa shape index (κ1) is 19.2. The molecule has 1 atom stereocenters. The Hall–Kier alpha value is -3.11. The summed E-state index contributed by atoms with van der Waals surface area (Å²) in [5.74, 6) is -0.0609. The average molecular weight is 386 g/mol. The Balaban J connectivity index is 1.48. The zero-order valence-corrected chi connectivity index (χ0v) is 16.7. The molecule has 1 aliphatic heterocycles. The van der Waals surface area contributed by atoms with E-state index in [-0.39, 0.29) is 11.9 Å². The Morgan fingerprint density at radius 2 is 1.55 bits per heavy atom. The smallest absolute Gasteiger partial charge is 0.252 e. The maximum Gasteiger partial charge on any atom is 0.252 e. The highest BCUT2D eigenvalue weighted by atomic mass is 16.5. The van der Waals surface area contributed by atoms with E-state index in [4.69, 9.17) is 4.74 Å². The Kier molecular flexibility index (Phi) is 5.92. The van der Waals surface area contributed by atoms with Crippen molar-refractivity contribution in [3.8, 4) is 11.1 Å². The van der Waals surface area contributed by atoms with Gasteiger partial charge >= 0.3 is 0 Å². The summed E-state index contributed by atoms with van der Waals surface area (Å²) >= 11 is 0. The fraction of sp³-hybridized carbons (Fsp3) is 0.240. The zero-order chi connectivity index (χ0) is 20.1. The number of hydrogen-bond acceptors (Lipinski definition) is 3. The first-order valence-electron chi connectivity index (χ1n) is 10.1. The largest absolute Gasteiger partial charge is 0.378 e. The molecule has 3 aromatic rings. The number of hydrogen-bond donors (Lipinski definition) is 1. The number of carbonyl (C=O) groups excluding carboxylic acids is 1. The van der Waals surface area contributed by atoms with E-state index in [2.05, 4.69) is 34.5 Å². The lowest BCUT2D eigenvalue weighted by molar-refractivity contribution is 0.0940. The molecule has 0 spiro atoms. The van der Waals surface area contributed by atoms with Crippen LogP contribution in [0.5, 0.6) is 0 Å². The third-order valence-corrected chi connectivity index (χ3v) is 5.37. The molecule has 1 aliphatic rings. The Labute approximate surface area is 172 Å². The second kappa shape index (κ2) is 8.93. The molecule has 0 saturated carbocycles. The molecule has 0 radical (unpaired) electrons. The maximum absolute atomic E-state index is 13.0. The van der Waals surface area contributed by atoms with Crippen molar-refractivity contribution in [1.82, 2.24) is 5.32 Å². The zero-order valence-electron chi connectivity index (χ0n) is 16.7. The van der Waals surface area contributed by atoms with Gasteiger partial charge in [0.1, 0.15) is 0 Å². The van der Waals surface area contributed by atoms with Gasteiger partial charge in [-0.2, -0.15) is 0 Å². The third-order valence-electron chi connectivity index (χ3n) is 5.37. The summed E-state index contributed by atoms with van der Waals surface area (Å²) in [4.78, 5) is 15.3. The van der Waals surface area contributed by atoms with Crippen LogP contribution in [0.25, 0.3) is 11.1 Å². The summed E-state index contributed by atoms with van der Waals surface area (Å²) < 4.78 is 5.42. The molecule has 0 aliphatic carbocycles. The summed E-state index contributed by atoms with van der Waals surface area (Å²) in [6, 6.07) is 26.1. The van der Waals surface area contributed by atoms with Crippen LogP contribution in [0.4, 0.5) is 5.69 Å². The average Bonchev–Trinajstić information content (AvgIpc) is 2.80. The topological polar surface area (TPSA) is 41.6 Å². The van der Waals surface area contributed by atoms with E-state index in [1.54, 1.807) is 0 Å². The van der Waals surface area contributed by atoms with Gasteiger partial charge in [0, 0.05) is 24.3 Å². The number of carbonyl (C=O) groups is 1. The number of anilines is 1. The molecule has 3 aromatic carbocycles. The Bertz CT molecular complexity index is 948. The van der Waals surface area contributed by atoms with E-state index in [9.17, 15) is 4.79 Å². The number of amides is 1.